The molecule has 27 heavy (non-hydrogen) atoms. The molecular weight excluding hydrogens is 350 g/mol. The van der Waals surface area contributed by atoms with Gasteiger partial charge in [-0.3, -0.25) is 9.69 Å². The van der Waals surface area contributed by atoms with Crippen molar-refractivity contribution in [3.63, 3.8) is 0 Å². The fraction of sp³-hybridized carbons (Fsp3) is 0.722. The second-order valence-electron chi connectivity index (χ2n) is 7.34. The van der Waals surface area contributed by atoms with Crippen LogP contribution in [0.25, 0.3) is 0 Å². The molecule has 2 aliphatic rings. The lowest BCUT2D eigenvalue weighted by Gasteiger charge is -2.32. The molecule has 2 fully saturated rings. The molecule has 2 saturated heterocycles. The number of aromatic nitrogens is 2. The van der Waals surface area contributed by atoms with Gasteiger partial charge in [-0.1, -0.05) is 0 Å². The first kappa shape index (κ1) is 19.8. The third-order valence-corrected chi connectivity index (χ3v) is 5.10. The highest BCUT2D eigenvalue weighted by atomic mass is 16.5. The number of anilines is 2. The summed E-state index contributed by atoms with van der Waals surface area (Å²) in [4.78, 5) is 25.2. The van der Waals surface area contributed by atoms with Crippen LogP contribution in [-0.4, -0.2) is 91.6 Å². The van der Waals surface area contributed by atoms with Crippen molar-refractivity contribution in [2.75, 3.05) is 75.9 Å². The Labute approximate surface area is 159 Å². The van der Waals surface area contributed by atoms with E-state index in [1.54, 1.807) is 20.0 Å². The van der Waals surface area contributed by atoms with Crippen molar-refractivity contribution in [1.29, 1.82) is 0 Å². The number of ether oxygens (including phenoxy) is 2. The van der Waals surface area contributed by atoms with Gasteiger partial charge in [-0.25, -0.2) is 4.98 Å². The number of hydrogen-bond acceptors (Lipinski definition) is 8. The van der Waals surface area contributed by atoms with Gasteiger partial charge in [0.1, 0.15) is 5.82 Å². The fourth-order valence-corrected chi connectivity index (χ4v) is 3.18. The zero-order chi connectivity index (χ0) is 19.3. The van der Waals surface area contributed by atoms with Gasteiger partial charge in [0.25, 0.3) is 0 Å². The van der Waals surface area contributed by atoms with E-state index in [-0.39, 0.29) is 0 Å². The van der Waals surface area contributed by atoms with E-state index in [0.29, 0.717) is 43.6 Å². The number of rotatable bonds is 7. The maximum atomic E-state index is 11.8. The molecule has 3 rings (SSSR count). The number of hydrogen-bond donors (Lipinski definition) is 2. The van der Waals surface area contributed by atoms with Crippen molar-refractivity contribution in [2.24, 2.45) is 0 Å². The summed E-state index contributed by atoms with van der Waals surface area (Å²) in [6.45, 7) is 11.0. The summed E-state index contributed by atoms with van der Waals surface area (Å²) in [6, 6.07) is 0. The number of aliphatic carboxylic acids is 1. The first-order chi connectivity index (χ1) is 13.0. The van der Waals surface area contributed by atoms with E-state index in [9.17, 15) is 9.90 Å². The molecule has 3 heterocycles. The van der Waals surface area contributed by atoms with Crippen LogP contribution in [0.5, 0.6) is 0 Å². The van der Waals surface area contributed by atoms with Gasteiger partial charge in [-0.05, 0) is 13.8 Å². The minimum absolute atomic E-state index is 0.523. The first-order valence-corrected chi connectivity index (χ1v) is 9.46. The molecule has 0 atom stereocenters. The predicted molar refractivity (Wildman–Crippen MR) is 101 cm³/mol. The van der Waals surface area contributed by atoms with Crippen molar-refractivity contribution in [3.05, 3.63) is 11.8 Å². The molecular formula is C18H29N5O4. The average Bonchev–Trinajstić information content (AvgIpc) is 2.69. The topological polar surface area (TPSA) is 100 Å². The molecule has 0 amide bonds. The smallest absolute Gasteiger partial charge is 0.313 e. The summed E-state index contributed by atoms with van der Waals surface area (Å²) in [7, 11) is 0. The Morgan fingerprint density at radius 3 is 2.44 bits per heavy atom. The molecule has 2 N–H and O–H groups in total. The van der Waals surface area contributed by atoms with E-state index in [0.717, 1.165) is 39.4 Å². The van der Waals surface area contributed by atoms with E-state index < -0.39 is 11.4 Å². The molecule has 0 saturated carbocycles. The summed E-state index contributed by atoms with van der Waals surface area (Å²) in [5, 5.41) is 12.9. The normalized spacial score (nSPS) is 19.1. The van der Waals surface area contributed by atoms with Gasteiger partial charge in [-0.2, -0.15) is 4.98 Å². The van der Waals surface area contributed by atoms with Gasteiger partial charge in [0.05, 0.1) is 31.8 Å². The molecule has 0 spiro atoms. The summed E-state index contributed by atoms with van der Waals surface area (Å²) >= 11 is 0. The van der Waals surface area contributed by atoms with Crippen LogP contribution in [0.1, 0.15) is 19.4 Å². The number of nitrogens with one attached hydrogen (secondary N) is 1. The van der Waals surface area contributed by atoms with Crippen LogP contribution in [0.15, 0.2) is 6.20 Å². The minimum Gasteiger partial charge on any atom is -0.481 e. The van der Waals surface area contributed by atoms with Crippen LogP contribution < -0.4 is 10.2 Å². The summed E-state index contributed by atoms with van der Waals surface area (Å²) < 4.78 is 10.8. The Morgan fingerprint density at radius 2 is 1.81 bits per heavy atom. The molecule has 9 nitrogen and oxygen atoms in total. The number of carbonyl (C=O) groups is 1. The molecule has 0 radical (unpaired) electrons. The fourth-order valence-electron chi connectivity index (χ4n) is 3.18. The van der Waals surface area contributed by atoms with Crippen LogP contribution in [0.3, 0.4) is 0 Å². The molecule has 0 unspecified atom stereocenters. The molecule has 1 aromatic rings. The molecule has 0 bridgehead atoms. The number of carboxylic acids is 1. The third kappa shape index (κ3) is 4.85. The molecule has 150 valence electrons. The number of morpholine rings is 2. The zero-order valence-electron chi connectivity index (χ0n) is 16.1. The monoisotopic (exact) mass is 379 g/mol. The predicted octanol–water partition coefficient (Wildman–Crippen LogP) is 0.420. The molecule has 9 heteroatoms. The van der Waals surface area contributed by atoms with Crippen molar-refractivity contribution in [2.45, 2.75) is 19.3 Å². The van der Waals surface area contributed by atoms with Gasteiger partial charge in [-0.15, -0.1) is 0 Å². The second-order valence-corrected chi connectivity index (χ2v) is 7.34. The quantitative estimate of drug-likeness (QED) is 0.698. The lowest BCUT2D eigenvalue weighted by molar-refractivity contribution is -0.142. The molecule has 0 aliphatic carbocycles. The van der Waals surface area contributed by atoms with Crippen LogP contribution in [-0.2, 0) is 19.7 Å². The summed E-state index contributed by atoms with van der Waals surface area (Å²) in [5.74, 6) is 0.304. The highest BCUT2D eigenvalue weighted by molar-refractivity contribution is 5.82. The van der Waals surface area contributed by atoms with Gasteiger partial charge in [0.2, 0.25) is 5.95 Å². The van der Waals surface area contributed by atoms with Gasteiger partial charge < -0.3 is 24.8 Å². The van der Waals surface area contributed by atoms with Crippen molar-refractivity contribution < 1.29 is 19.4 Å². The standard InChI is InChI=1S/C18H29N5O4/c1-18(2,16(24)25)14-13-20-17(19-3-4-22-5-9-26-10-6-22)21-15(14)23-7-11-27-12-8-23/h13H,3-12H2,1-2H3,(H,24,25)(H,19,20,21). The van der Waals surface area contributed by atoms with Gasteiger partial charge in [0.15, 0.2) is 0 Å². The zero-order valence-corrected chi connectivity index (χ0v) is 16.1. The Hall–Kier alpha value is -1.97. The molecule has 0 aromatic carbocycles. The van der Waals surface area contributed by atoms with Crippen LogP contribution in [0, 0.1) is 0 Å². The van der Waals surface area contributed by atoms with E-state index in [1.165, 1.54) is 0 Å². The summed E-state index contributed by atoms with van der Waals surface area (Å²) in [5.41, 5.74) is -0.449. The van der Waals surface area contributed by atoms with E-state index >= 15 is 0 Å². The molecule has 2 aliphatic heterocycles. The maximum Gasteiger partial charge on any atom is 0.313 e. The van der Waals surface area contributed by atoms with E-state index in [4.69, 9.17) is 9.47 Å². The van der Waals surface area contributed by atoms with Crippen molar-refractivity contribution in [3.8, 4) is 0 Å². The van der Waals surface area contributed by atoms with E-state index in [1.807, 2.05) is 0 Å². The number of nitrogens with zero attached hydrogens (tertiary/aromatic N) is 4. The highest BCUT2D eigenvalue weighted by Crippen LogP contribution is 2.32. The Kier molecular flexibility index (Phi) is 6.46. The Morgan fingerprint density at radius 1 is 1.19 bits per heavy atom. The Balaban J connectivity index is 1.74. The first-order valence-electron chi connectivity index (χ1n) is 9.46. The van der Waals surface area contributed by atoms with Crippen LogP contribution >= 0.6 is 0 Å². The van der Waals surface area contributed by atoms with Crippen LogP contribution in [0.2, 0.25) is 0 Å². The Bertz CT molecular complexity index is 643. The number of carboxylic acid groups (broad SMARTS) is 1. The molecule has 1 aromatic heterocycles. The van der Waals surface area contributed by atoms with Gasteiger partial charge >= 0.3 is 5.97 Å². The van der Waals surface area contributed by atoms with E-state index in [2.05, 4.69) is 25.1 Å². The van der Waals surface area contributed by atoms with Crippen molar-refractivity contribution in [1.82, 2.24) is 14.9 Å². The van der Waals surface area contributed by atoms with Crippen molar-refractivity contribution >= 4 is 17.7 Å². The maximum absolute atomic E-state index is 11.8. The second kappa shape index (κ2) is 8.81. The SMILES string of the molecule is CC(C)(C(=O)O)c1cnc(NCCN2CCOCC2)nc1N1CCOCC1. The third-order valence-electron chi connectivity index (χ3n) is 5.10. The van der Waals surface area contributed by atoms with Crippen LogP contribution in [0.4, 0.5) is 11.8 Å². The highest BCUT2D eigenvalue weighted by Gasteiger charge is 2.35. The van der Waals surface area contributed by atoms with Gasteiger partial charge in [0, 0.05) is 51.0 Å². The average molecular weight is 379 g/mol. The lowest BCUT2D eigenvalue weighted by atomic mass is 9.85. The summed E-state index contributed by atoms with van der Waals surface area (Å²) in [6.07, 6.45) is 1.64. The lowest BCUT2D eigenvalue weighted by Crippen LogP contribution is -2.40. The largest absolute Gasteiger partial charge is 0.481 e. The minimum atomic E-state index is -1.07.